The number of amides is 2. The minimum absolute atomic E-state index is 0.0196. The number of benzene rings is 2. The molecule has 1 atom stereocenters. The smallest absolute Gasteiger partial charge is 0.410 e. The molecular formula is C26H27Cl2N5O5. The van der Waals surface area contributed by atoms with Crippen molar-refractivity contribution in [1.82, 2.24) is 14.5 Å². The van der Waals surface area contributed by atoms with Crippen molar-refractivity contribution in [2.45, 2.75) is 45.3 Å². The normalized spacial score (nSPS) is 15.4. The largest absolute Gasteiger partial charge is 0.508 e. The molecule has 1 aliphatic heterocycles. The van der Waals surface area contributed by atoms with Crippen LogP contribution in [0.15, 0.2) is 47.5 Å². The van der Waals surface area contributed by atoms with Crippen molar-refractivity contribution in [2.75, 3.05) is 17.6 Å². The second-order valence-corrected chi connectivity index (χ2v) is 10.7. The zero-order valence-corrected chi connectivity index (χ0v) is 22.5. The number of aromatic hydroxyl groups is 1. The van der Waals surface area contributed by atoms with Crippen molar-refractivity contribution in [3.05, 3.63) is 74.3 Å². The summed E-state index contributed by atoms with van der Waals surface area (Å²) >= 11 is 12.4. The first-order valence-electron chi connectivity index (χ1n) is 11.8. The van der Waals surface area contributed by atoms with Crippen molar-refractivity contribution in [2.24, 2.45) is 0 Å². The van der Waals surface area contributed by atoms with Gasteiger partial charge in [-0.1, -0.05) is 35.3 Å². The lowest BCUT2D eigenvalue weighted by atomic mass is 10.0. The molecule has 1 aromatic heterocycles. The number of nitrogen functional groups attached to an aromatic ring is 1. The number of carbonyl (C=O) groups is 2. The first-order chi connectivity index (χ1) is 17.9. The van der Waals surface area contributed by atoms with Gasteiger partial charge in [-0.05, 0) is 51.3 Å². The predicted molar refractivity (Wildman–Crippen MR) is 145 cm³/mol. The van der Waals surface area contributed by atoms with Crippen LogP contribution in [0.3, 0.4) is 0 Å². The molecule has 12 heteroatoms. The van der Waals surface area contributed by atoms with Gasteiger partial charge in [0.05, 0.1) is 21.8 Å². The van der Waals surface area contributed by atoms with Crippen LogP contribution in [0.25, 0.3) is 5.69 Å². The Morgan fingerprint density at radius 2 is 1.87 bits per heavy atom. The van der Waals surface area contributed by atoms with Gasteiger partial charge in [0.1, 0.15) is 29.1 Å². The number of aromatic nitrogens is 2. The molecule has 2 heterocycles. The maximum atomic E-state index is 13.3. The van der Waals surface area contributed by atoms with E-state index in [4.69, 9.17) is 33.7 Å². The van der Waals surface area contributed by atoms with Crippen LogP contribution in [0.1, 0.15) is 55.6 Å². The lowest BCUT2D eigenvalue weighted by molar-refractivity contribution is 0.0224. The maximum absolute atomic E-state index is 13.3. The van der Waals surface area contributed by atoms with Gasteiger partial charge in [-0.15, -0.1) is 0 Å². The monoisotopic (exact) mass is 559 g/mol. The molecule has 10 nitrogen and oxygen atoms in total. The van der Waals surface area contributed by atoms with Crippen LogP contribution in [0.2, 0.25) is 10.0 Å². The van der Waals surface area contributed by atoms with E-state index in [1.165, 1.54) is 12.1 Å². The molecule has 1 fully saturated rings. The highest BCUT2D eigenvalue weighted by molar-refractivity contribution is 6.38. The minimum Gasteiger partial charge on any atom is -0.508 e. The SMILES string of the molecule is CC(C)(C)OC(=O)N1CCC[C@H]1c1cccc(NC(=O)c2c(N)ncn(-c3c(Cl)cc(O)cc3Cl)c2=O)c1. The number of halogens is 2. The van der Waals surface area contributed by atoms with Crippen LogP contribution in [0.4, 0.5) is 16.3 Å². The summed E-state index contributed by atoms with van der Waals surface area (Å²) in [6, 6.07) is 9.21. The fourth-order valence-corrected chi connectivity index (χ4v) is 4.95. The number of nitrogens with zero attached hydrogens (tertiary/aromatic N) is 3. The summed E-state index contributed by atoms with van der Waals surface area (Å²) in [5.74, 6) is -1.25. The predicted octanol–water partition coefficient (Wildman–Crippen LogP) is 5.15. The van der Waals surface area contributed by atoms with Gasteiger partial charge in [0.25, 0.3) is 11.5 Å². The number of hydrogen-bond donors (Lipinski definition) is 3. The number of phenolic OH excluding ortho intramolecular Hbond substituents is 1. The average Bonchev–Trinajstić information content (AvgIpc) is 3.29. The molecule has 4 rings (SSSR count). The van der Waals surface area contributed by atoms with E-state index in [1.54, 1.807) is 23.1 Å². The Hall–Kier alpha value is -3.76. The second kappa shape index (κ2) is 10.5. The molecule has 2 amide bonds. The summed E-state index contributed by atoms with van der Waals surface area (Å²) in [6.07, 6.45) is 2.26. The Bertz CT molecular complexity index is 1440. The van der Waals surface area contributed by atoms with E-state index in [9.17, 15) is 19.5 Å². The summed E-state index contributed by atoms with van der Waals surface area (Å²) in [4.78, 5) is 44.8. The van der Waals surface area contributed by atoms with E-state index in [-0.39, 0.29) is 33.3 Å². The number of anilines is 2. The molecule has 0 bridgehead atoms. The van der Waals surface area contributed by atoms with Gasteiger partial charge in [0.15, 0.2) is 0 Å². The molecule has 200 valence electrons. The Labute approximate surface area is 228 Å². The van der Waals surface area contributed by atoms with E-state index in [2.05, 4.69) is 10.3 Å². The zero-order valence-electron chi connectivity index (χ0n) is 21.0. The third-order valence-electron chi connectivity index (χ3n) is 5.88. The molecule has 0 saturated carbocycles. The van der Waals surface area contributed by atoms with Crippen molar-refractivity contribution in [3.8, 4) is 11.4 Å². The lowest BCUT2D eigenvalue weighted by Crippen LogP contribution is -2.36. The van der Waals surface area contributed by atoms with Crippen LogP contribution in [0.5, 0.6) is 5.75 Å². The molecule has 0 aliphatic carbocycles. The Morgan fingerprint density at radius 1 is 1.18 bits per heavy atom. The van der Waals surface area contributed by atoms with Gasteiger partial charge >= 0.3 is 6.09 Å². The number of rotatable bonds is 4. The molecule has 0 radical (unpaired) electrons. The average molecular weight is 560 g/mol. The fourth-order valence-electron chi connectivity index (χ4n) is 4.29. The first-order valence-corrected chi connectivity index (χ1v) is 12.6. The van der Waals surface area contributed by atoms with Crippen LogP contribution < -0.4 is 16.6 Å². The molecule has 4 N–H and O–H groups in total. The number of carbonyl (C=O) groups excluding carboxylic acids is 2. The van der Waals surface area contributed by atoms with Crippen molar-refractivity contribution >= 4 is 46.7 Å². The molecular weight excluding hydrogens is 533 g/mol. The number of ether oxygens (including phenoxy) is 1. The highest BCUT2D eigenvalue weighted by Crippen LogP contribution is 2.35. The van der Waals surface area contributed by atoms with E-state index in [0.29, 0.717) is 12.2 Å². The Kier molecular flexibility index (Phi) is 7.57. The lowest BCUT2D eigenvalue weighted by Gasteiger charge is -2.29. The molecule has 1 aliphatic rings. The standard InChI is InChI=1S/C26H27Cl2N5O5/c1-26(2,3)38-25(37)32-9-5-8-19(32)14-6-4-7-15(10-14)31-23(35)20-22(29)30-13-33(24(20)36)21-17(27)11-16(34)12-18(21)28/h4,6-7,10-13,19,34H,5,8-9,29H2,1-3H3,(H,31,35)/t19-/m0/s1. The third kappa shape index (κ3) is 5.71. The van der Waals surface area contributed by atoms with Gasteiger partial charge in [-0.25, -0.2) is 9.78 Å². The Balaban J connectivity index is 1.62. The van der Waals surface area contributed by atoms with Gasteiger partial charge in [0, 0.05) is 24.4 Å². The van der Waals surface area contributed by atoms with E-state index in [0.717, 1.165) is 29.3 Å². The van der Waals surface area contributed by atoms with Gasteiger partial charge in [-0.2, -0.15) is 0 Å². The number of nitrogens with one attached hydrogen (secondary N) is 1. The van der Waals surface area contributed by atoms with Crippen molar-refractivity contribution < 1.29 is 19.4 Å². The number of hydrogen-bond acceptors (Lipinski definition) is 7. The van der Waals surface area contributed by atoms with Gasteiger partial charge in [-0.3, -0.25) is 14.2 Å². The van der Waals surface area contributed by atoms with E-state index in [1.807, 2.05) is 26.8 Å². The fraction of sp³-hybridized carbons (Fsp3) is 0.308. The summed E-state index contributed by atoms with van der Waals surface area (Å²) in [5.41, 5.74) is 5.34. The van der Waals surface area contributed by atoms with E-state index >= 15 is 0 Å². The molecule has 3 aromatic rings. The highest BCUT2D eigenvalue weighted by Gasteiger charge is 2.33. The van der Waals surface area contributed by atoms with Crippen LogP contribution >= 0.6 is 23.2 Å². The number of likely N-dealkylation sites (tertiary alicyclic amines) is 1. The molecule has 38 heavy (non-hydrogen) atoms. The van der Waals surface area contributed by atoms with Crippen LogP contribution in [-0.2, 0) is 4.74 Å². The number of nitrogens with two attached hydrogens (primary N) is 1. The zero-order chi connectivity index (χ0) is 27.8. The molecule has 0 unspecified atom stereocenters. The first kappa shape index (κ1) is 27.3. The van der Waals surface area contributed by atoms with Gasteiger partial charge < -0.3 is 25.8 Å². The minimum atomic E-state index is -0.799. The molecule has 0 spiro atoms. The van der Waals surface area contributed by atoms with E-state index < -0.39 is 28.7 Å². The maximum Gasteiger partial charge on any atom is 0.410 e. The summed E-state index contributed by atoms with van der Waals surface area (Å²) in [5, 5.41) is 12.3. The summed E-state index contributed by atoms with van der Waals surface area (Å²) in [6.45, 7) is 6.00. The number of phenols is 1. The summed E-state index contributed by atoms with van der Waals surface area (Å²) in [7, 11) is 0. The highest BCUT2D eigenvalue weighted by atomic mass is 35.5. The van der Waals surface area contributed by atoms with Crippen LogP contribution in [0, 0.1) is 0 Å². The molecule has 1 saturated heterocycles. The van der Waals surface area contributed by atoms with Crippen LogP contribution in [-0.4, -0.2) is 43.7 Å². The Morgan fingerprint density at radius 3 is 2.53 bits per heavy atom. The topological polar surface area (TPSA) is 140 Å². The van der Waals surface area contributed by atoms with Crippen molar-refractivity contribution in [3.63, 3.8) is 0 Å². The quantitative estimate of drug-likeness (QED) is 0.401. The third-order valence-corrected chi connectivity index (χ3v) is 6.46. The molecule has 2 aromatic carbocycles. The van der Waals surface area contributed by atoms with Gasteiger partial charge in [0.2, 0.25) is 0 Å². The second-order valence-electron chi connectivity index (χ2n) is 9.85. The summed E-state index contributed by atoms with van der Waals surface area (Å²) < 4.78 is 6.54. The van der Waals surface area contributed by atoms with Crippen molar-refractivity contribution in [1.29, 1.82) is 0 Å².